The highest BCUT2D eigenvalue weighted by molar-refractivity contribution is 9.10. The molecule has 1 heterocycles. The maximum absolute atomic E-state index is 12.0. The van der Waals surface area contributed by atoms with Gasteiger partial charge < -0.3 is 11.1 Å². The van der Waals surface area contributed by atoms with E-state index in [1.807, 2.05) is 19.1 Å². The summed E-state index contributed by atoms with van der Waals surface area (Å²) in [7, 11) is 0. The van der Waals surface area contributed by atoms with E-state index < -0.39 is 0 Å². The number of benzene rings is 1. The first-order valence-corrected chi connectivity index (χ1v) is 6.16. The third kappa shape index (κ3) is 2.68. The number of rotatable bonds is 2. The van der Waals surface area contributed by atoms with E-state index in [1.54, 1.807) is 24.3 Å². The standard InChI is InChI=1S/C13H12BrN3O/c1-8-4-2-7-11(16-8)17-13(18)9-5-3-6-10(14)12(9)15/h2-7H,15H2,1H3,(H,16,17,18). The molecule has 3 N–H and O–H groups in total. The number of nitrogen functional groups attached to an aromatic ring is 1. The van der Waals surface area contributed by atoms with Crippen molar-refractivity contribution in [3.8, 4) is 0 Å². The average Bonchev–Trinajstić information content (AvgIpc) is 2.32. The van der Waals surface area contributed by atoms with Gasteiger partial charge in [-0.15, -0.1) is 0 Å². The van der Waals surface area contributed by atoms with E-state index in [2.05, 4.69) is 26.2 Å². The van der Waals surface area contributed by atoms with Gasteiger partial charge in [0.15, 0.2) is 0 Å². The van der Waals surface area contributed by atoms with Crippen LogP contribution < -0.4 is 11.1 Å². The molecule has 0 saturated heterocycles. The first kappa shape index (κ1) is 12.6. The van der Waals surface area contributed by atoms with Crippen LogP contribution in [-0.4, -0.2) is 10.9 Å². The van der Waals surface area contributed by atoms with Crippen molar-refractivity contribution in [3.05, 3.63) is 52.1 Å². The van der Waals surface area contributed by atoms with Gasteiger partial charge in [-0.1, -0.05) is 12.1 Å². The van der Waals surface area contributed by atoms with Crippen LogP contribution in [0.3, 0.4) is 0 Å². The number of carbonyl (C=O) groups is 1. The molecule has 0 atom stereocenters. The van der Waals surface area contributed by atoms with Crippen LogP contribution in [-0.2, 0) is 0 Å². The summed E-state index contributed by atoms with van der Waals surface area (Å²) in [6, 6.07) is 10.7. The number of nitrogens with two attached hydrogens (primary N) is 1. The molecule has 0 aliphatic rings. The second-order valence-electron chi connectivity index (χ2n) is 3.82. The number of anilines is 2. The van der Waals surface area contributed by atoms with Crippen molar-refractivity contribution in [2.45, 2.75) is 6.92 Å². The van der Waals surface area contributed by atoms with Gasteiger partial charge in [-0.3, -0.25) is 4.79 Å². The summed E-state index contributed by atoms with van der Waals surface area (Å²) >= 11 is 3.29. The summed E-state index contributed by atoms with van der Waals surface area (Å²) in [5.41, 5.74) is 7.52. The maximum atomic E-state index is 12.0. The fourth-order valence-electron chi connectivity index (χ4n) is 1.53. The van der Waals surface area contributed by atoms with Crippen molar-refractivity contribution in [2.24, 2.45) is 0 Å². The molecule has 92 valence electrons. The van der Waals surface area contributed by atoms with Gasteiger partial charge in [0.05, 0.1) is 11.3 Å². The summed E-state index contributed by atoms with van der Waals surface area (Å²) in [6.07, 6.45) is 0. The minimum Gasteiger partial charge on any atom is -0.397 e. The lowest BCUT2D eigenvalue weighted by molar-refractivity contribution is 0.102. The number of aromatic nitrogens is 1. The quantitative estimate of drug-likeness (QED) is 0.838. The number of hydrogen-bond donors (Lipinski definition) is 2. The first-order chi connectivity index (χ1) is 8.58. The largest absolute Gasteiger partial charge is 0.397 e. The Kier molecular flexibility index (Phi) is 3.62. The Labute approximate surface area is 113 Å². The maximum Gasteiger partial charge on any atom is 0.258 e. The van der Waals surface area contributed by atoms with Crippen molar-refractivity contribution in [2.75, 3.05) is 11.1 Å². The predicted molar refractivity (Wildman–Crippen MR) is 75.5 cm³/mol. The van der Waals surface area contributed by atoms with Crippen molar-refractivity contribution < 1.29 is 4.79 Å². The fourth-order valence-corrected chi connectivity index (χ4v) is 1.90. The zero-order valence-electron chi connectivity index (χ0n) is 9.77. The molecule has 0 aliphatic heterocycles. The Bertz CT molecular complexity index is 599. The molecule has 0 fully saturated rings. The molecule has 0 aliphatic carbocycles. The van der Waals surface area contributed by atoms with E-state index in [0.717, 1.165) is 5.69 Å². The predicted octanol–water partition coefficient (Wildman–Crippen LogP) is 2.99. The topological polar surface area (TPSA) is 68.0 Å². The van der Waals surface area contributed by atoms with Gasteiger partial charge in [0.2, 0.25) is 0 Å². The molecule has 0 bridgehead atoms. The molecule has 0 spiro atoms. The van der Waals surface area contributed by atoms with E-state index in [-0.39, 0.29) is 5.91 Å². The molecule has 1 aromatic heterocycles. The van der Waals surface area contributed by atoms with Crippen LogP contribution in [0.2, 0.25) is 0 Å². The minimum absolute atomic E-state index is 0.271. The summed E-state index contributed by atoms with van der Waals surface area (Å²) in [5, 5.41) is 2.72. The molecule has 2 aromatic rings. The number of hydrogen-bond acceptors (Lipinski definition) is 3. The number of amides is 1. The number of halogens is 1. The molecule has 0 saturated carbocycles. The zero-order valence-corrected chi connectivity index (χ0v) is 11.4. The van der Waals surface area contributed by atoms with Gasteiger partial charge in [-0.05, 0) is 47.1 Å². The number of pyridine rings is 1. The number of nitrogens with one attached hydrogen (secondary N) is 1. The lowest BCUT2D eigenvalue weighted by atomic mass is 10.1. The number of nitrogens with zero attached hydrogens (tertiary/aromatic N) is 1. The third-order valence-corrected chi connectivity index (χ3v) is 3.12. The van der Waals surface area contributed by atoms with E-state index in [4.69, 9.17) is 5.73 Å². The van der Waals surface area contributed by atoms with Crippen LogP contribution in [0.4, 0.5) is 11.5 Å². The summed E-state index contributed by atoms with van der Waals surface area (Å²) in [4.78, 5) is 16.3. The Morgan fingerprint density at radius 3 is 2.72 bits per heavy atom. The summed E-state index contributed by atoms with van der Waals surface area (Å²) in [6.45, 7) is 1.86. The van der Waals surface area contributed by atoms with E-state index in [0.29, 0.717) is 21.5 Å². The van der Waals surface area contributed by atoms with Crippen LogP contribution in [0.1, 0.15) is 16.1 Å². The second kappa shape index (κ2) is 5.18. The molecule has 18 heavy (non-hydrogen) atoms. The molecule has 0 unspecified atom stereocenters. The lowest BCUT2D eigenvalue weighted by Gasteiger charge is -2.08. The van der Waals surface area contributed by atoms with Gasteiger partial charge in [-0.2, -0.15) is 0 Å². The summed E-state index contributed by atoms with van der Waals surface area (Å²) in [5.74, 6) is 0.242. The molecule has 0 radical (unpaired) electrons. The first-order valence-electron chi connectivity index (χ1n) is 5.37. The van der Waals surface area contributed by atoms with E-state index in [9.17, 15) is 4.79 Å². The minimum atomic E-state index is -0.271. The Hall–Kier alpha value is -1.88. The summed E-state index contributed by atoms with van der Waals surface area (Å²) < 4.78 is 0.701. The molecule has 5 heteroatoms. The average molecular weight is 306 g/mol. The molecular weight excluding hydrogens is 294 g/mol. The van der Waals surface area contributed by atoms with Gasteiger partial charge >= 0.3 is 0 Å². The lowest BCUT2D eigenvalue weighted by Crippen LogP contribution is -2.15. The van der Waals surface area contributed by atoms with Crippen LogP contribution >= 0.6 is 15.9 Å². The van der Waals surface area contributed by atoms with Crippen LogP contribution in [0.5, 0.6) is 0 Å². The molecule has 2 rings (SSSR count). The molecule has 4 nitrogen and oxygen atoms in total. The van der Waals surface area contributed by atoms with E-state index >= 15 is 0 Å². The van der Waals surface area contributed by atoms with E-state index in [1.165, 1.54) is 0 Å². The van der Waals surface area contributed by atoms with Gasteiger partial charge in [0, 0.05) is 10.2 Å². The van der Waals surface area contributed by atoms with Gasteiger partial charge in [0.1, 0.15) is 5.82 Å². The molecular formula is C13H12BrN3O. The Morgan fingerprint density at radius 2 is 2.00 bits per heavy atom. The Morgan fingerprint density at radius 1 is 1.28 bits per heavy atom. The van der Waals surface area contributed by atoms with Crippen molar-refractivity contribution in [1.29, 1.82) is 0 Å². The third-order valence-electron chi connectivity index (χ3n) is 2.43. The number of carbonyl (C=O) groups excluding carboxylic acids is 1. The van der Waals surface area contributed by atoms with Crippen molar-refractivity contribution >= 4 is 33.3 Å². The SMILES string of the molecule is Cc1cccc(NC(=O)c2cccc(Br)c2N)n1. The monoisotopic (exact) mass is 305 g/mol. The second-order valence-corrected chi connectivity index (χ2v) is 4.67. The van der Waals surface area contributed by atoms with Crippen molar-refractivity contribution in [3.63, 3.8) is 0 Å². The van der Waals surface area contributed by atoms with Crippen LogP contribution in [0.15, 0.2) is 40.9 Å². The fraction of sp³-hybridized carbons (Fsp3) is 0.0769. The van der Waals surface area contributed by atoms with Gasteiger partial charge in [-0.25, -0.2) is 4.98 Å². The number of para-hydroxylation sites is 1. The van der Waals surface area contributed by atoms with Crippen LogP contribution in [0, 0.1) is 6.92 Å². The van der Waals surface area contributed by atoms with Crippen LogP contribution in [0.25, 0.3) is 0 Å². The Balaban J connectivity index is 2.25. The zero-order chi connectivity index (χ0) is 13.1. The highest BCUT2D eigenvalue weighted by Crippen LogP contribution is 2.23. The van der Waals surface area contributed by atoms with Gasteiger partial charge in [0.25, 0.3) is 5.91 Å². The highest BCUT2D eigenvalue weighted by atomic mass is 79.9. The normalized spacial score (nSPS) is 10.1. The molecule has 1 amide bonds. The smallest absolute Gasteiger partial charge is 0.258 e. The van der Waals surface area contributed by atoms with Crippen molar-refractivity contribution in [1.82, 2.24) is 4.98 Å². The number of aryl methyl sites for hydroxylation is 1. The highest BCUT2D eigenvalue weighted by Gasteiger charge is 2.12. The molecule has 1 aromatic carbocycles.